The molecule has 0 saturated carbocycles. The maximum atomic E-state index is 5.67. The Hall–Kier alpha value is -5.97. The first-order valence-corrected chi connectivity index (χ1v) is 18.4. The van der Waals surface area contributed by atoms with Crippen LogP contribution in [-0.4, -0.2) is 22.3 Å². The summed E-state index contributed by atoms with van der Waals surface area (Å²) in [5.41, 5.74) is 12.8. The second-order valence-corrected chi connectivity index (χ2v) is 14.3. The van der Waals surface area contributed by atoms with Gasteiger partial charge in [-0.3, -0.25) is 4.57 Å². The van der Waals surface area contributed by atoms with Crippen molar-refractivity contribution in [2.45, 2.75) is 24.3 Å². The lowest BCUT2D eigenvalue weighted by Gasteiger charge is -2.33. The Morgan fingerprint density at radius 3 is 2.23 bits per heavy atom. The van der Waals surface area contributed by atoms with Gasteiger partial charge in [0.15, 0.2) is 0 Å². The van der Waals surface area contributed by atoms with Gasteiger partial charge in [0.1, 0.15) is 0 Å². The van der Waals surface area contributed by atoms with E-state index < -0.39 is 0 Å². The third-order valence-corrected chi connectivity index (χ3v) is 11.3. The molecule has 0 saturated heterocycles. The van der Waals surface area contributed by atoms with E-state index in [1.165, 1.54) is 54.9 Å². The first kappa shape index (κ1) is 30.8. The van der Waals surface area contributed by atoms with Crippen molar-refractivity contribution in [3.05, 3.63) is 186 Å². The van der Waals surface area contributed by atoms with Crippen LogP contribution in [0, 0.1) is 12.8 Å². The molecule has 0 bridgehead atoms. The average molecular weight is 686 g/mol. The molecule has 248 valence electrons. The van der Waals surface area contributed by atoms with Gasteiger partial charge in [-0.05, 0) is 86.8 Å². The molecule has 2 atom stereocenters. The number of aryl methyl sites for hydroxylation is 1. The highest BCUT2D eigenvalue weighted by Gasteiger charge is 2.36. The van der Waals surface area contributed by atoms with E-state index in [0.29, 0.717) is 0 Å². The van der Waals surface area contributed by atoms with Gasteiger partial charge in [-0.25, -0.2) is 9.98 Å². The van der Waals surface area contributed by atoms with Crippen molar-refractivity contribution < 1.29 is 0 Å². The summed E-state index contributed by atoms with van der Waals surface area (Å²) in [6.07, 6.45) is 14.2. The van der Waals surface area contributed by atoms with Crippen molar-refractivity contribution in [2.24, 2.45) is 15.9 Å². The molecule has 3 nitrogen and oxygen atoms in total. The van der Waals surface area contributed by atoms with E-state index in [1.54, 1.807) is 0 Å². The summed E-state index contributed by atoms with van der Waals surface area (Å²) < 4.78 is 2.35. The monoisotopic (exact) mass is 685 g/mol. The van der Waals surface area contributed by atoms with Gasteiger partial charge >= 0.3 is 0 Å². The predicted molar refractivity (Wildman–Crippen MR) is 222 cm³/mol. The van der Waals surface area contributed by atoms with E-state index in [9.17, 15) is 0 Å². The second-order valence-electron chi connectivity index (χ2n) is 13.8. The first-order chi connectivity index (χ1) is 25.7. The first-order valence-electron chi connectivity index (χ1n) is 18.0. The highest BCUT2D eigenvalue weighted by atomic mass is 32.1. The van der Waals surface area contributed by atoms with Gasteiger partial charge in [0.2, 0.25) is 5.96 Å². The molecule has 2 unspecified atom stereocenters. The standard InChI is InChI=1S/C48H35N3S/c1-30-43(38-23-13-14-24-42(38)52)36-21-11-12-22-37(36)44-40-29-34(31-15-5-2-6-16-31)26-28-41(40)51(47(30)44)48-49-45(33-18-8-3-9-19-33)39-27-25-32-17-7-4-10-20-35(32)46(39)50-48/h2-19,21-29,39,46,52H,20H2,1H3. The third kappa shape index (κ3) is 4.82. The minimum Gasteiger partial charge on any atom is -0.278 e. The van der Waals surface area contributed by atoms with Crippen LogP contribution < -0.4 is 0 Å². The molecule has 6 aromatic carbocycles. The molecular weight excluding hydrogens is 651 g/mol. The molecule has 0 fully saturated rings. The number of rotatable bonds is 3. The van der Waals surface area contributed by atoms with E-state index in [-0.39, 0.29) is 12.0 Å². The van der Waals surface area contributed by atoms with Crippen LogP contribution in [0.5, 0.6) is 0 Å². The molecular formula is C48H35N3S. The van der Waals surface area contributed by atoms with Crippen LogP contribution >= 0.6 is 12.6 Å². The number of aliphatic imine (C=N–C) groups is 2. The minimum atomic E-state index is -0.0791. The quantitative estimate of drug-likeness (QED) is 0.179. The lowest BCUT2D eigenvalue weighted by Crippen LogP contribution is -2.36. The van der Waals surface area contributed by atoms with E-state index in [2.05, 4.69) is 175 Å². The summed E-state index contributed by atoms with van der Waals surface area (Å²) in [7, 11) is 0. The number of hydrogen-bond donors (Lipinski definition) is 1. The summed E-state index contributed by atoms with van der Waals surface area (Å²) in [4.78, 5) is 12.2. The molecule has 3 aliphatic rings. The normalized spacial score (nSPS) is 18.0. The maximum Gasteiger partial charge on any atom is 0.230 e. The van der Waals surface area contributed by atoms with Crippen LogP contribution in [0.3, 0.4) is 0 Å². The molecule has 2 heterocycles. The van der Waals surface area contributed by atoms with Crippen LogP contribution in [0.2, 0.25) is 0 Å². The molecule has 2 aliphatic carbocycles. The van der Waals surface area contributed by atoms with Gasteiger partial charge < -0.3 is 0 Å². The SMILES string of the molecule is Cc1c(-c2ccccc2S)c2ccccc2c2c3cc(-c4ccccc4)ccc3n(C3=NC4C5=C(C=CC=CC5)C=CC4C(c4ccccc4)=N3)c12. The summed E-state index contributed by atoms with van der Waals surface area (Å²) in [6.45, 7) is 2.26. The molecule has 10 rings (SSSR count). The molecule has 0 amide bonds. The third-order valence-electron chi connectivity index (χ3n) is 10.9. The van der Waals surface area contributed by atoms with Gasteiger partial charge in [-0.15, -0.1) is 12.6 Å². The fourth-order valence-corrected chi connectivity index (χ4v) is 8.83. The number of hydrogen-bond acceptors (Lipinski definition) is 3. The van der Waals surface area contributed by atoms with E-state index in [4.69, 9.17) is 22.6 Å². The van der Waals surface area contributed by atoms with Crippen molar-refractivity contribution in [1.82, 2.24) is 4.57 Å². The summed E-state index contributed by atoms with van der Waals surface area (Å²) >= 11 is 4.99. The Morgan fingerprint density at radius 2 is 1.42 bits per heavy atom. The molecule has 0 N–H and O–H groups in total. The zero-order valence-electron chi connectivity index (χ0n) is 28.7. The Kier molecular flexibility index (Phi) is 7.33. The van der Waals surface area contributed by atoms with Crippen molar-refractivity contribution in [3.8, 4) is 22.3 Å². The van der Waals surface area contributed by atoms with Crippen molar-refractivity contribution in [1.29, 1.82) is 0 Å². The Bertz CT molecular complexity index is 2780. The number of benzene rings is 6. The lowest BCUT2D eigenvalue weighted by molar-refractivity contribution is 0.651. The Labute approximate surface area is 308 Å². The molecule has 7 aromatic rings. The molecule has 1 aliphatic heterocycles. The van der Waals surface area contributed by atoms with Crippen LogP contribution in [0.15, 0.2) is 190 Å². The van der Waals surface area contributed by atoms with Gasteiger partial charge in [0, 0.05) is 21.6 Å². The van der Waals surface area contributed by atoms with E-state index in [1.807, 2.05) is 0 Å². The smallest absolute Gasteiger partial charge is 0.230 e. The second kappa shape index (κ2) is 12.4. The fraction of sp³-hybridized carbons (Fsp3) is 0.0833. The van der Waals surface area contributed by atoms with Crippen LogP contribution in [0.4, 0.5) is 0 Å². The molecule has 0 radical (unpaired) electrons. The van der Waals surface area contributed by atoms with Crippen molar-refractivity contribution in [3.63, 3.8) is 0 Å². The number of fused-ring (bicyclic) bond motifs is 7. The molecule has 4 heteroatoms. The maximum absolute atomic E-state index is 5.67. The lowest BCUT2D eigenvalue weighted by atomic mass is 9.78. The summed E-state index contributed by atoms with van der Waals surface area (Å²) in [5.74, 6) is 0.756. The van der Waals surface area contributed by atoms with Crippen LogP contribution in [-0.2, 0) is 0 Å². The van der Waals surface area contributed by atoms with Crippen molar-refractivity contribution >= 4 is 56.9 Å². The average Bonchev–Trinajstić information content (AvgIpc) is 3.34. The molecule has 1 aromatic heterocycles. The van der Waals surface area contributed by atoms with Gasteiger partial charge in [-0.1, -0.05) is 146 Å². The van der Waals surface area contributed by atoms with E-state index in [0.717, 1.165) is 45.1 Å². The number of thiol groups is 1. The highest BCUT2D eigenvalue weighted by Crippen LogP contribution is 2.46. The minimum absolute atomic E-state index is 0.0381. The Balaban J connectivity index is 1.35. The zero-order valence-corrected chi connectivity index (χ0v) is 29.6. The van der Waals surface area contributed by atoms with Crippen LogP contribution in [0.25, 0.3) is 54.8 Å². The zero-order chi connectivity index (χ0) is 34.8. The number of nitrogens with zero attached hydrogens (tertiary/aromatic N) is 3. The van der Waals surface area contributed by atoms with Gasteiger partial charge in [0.05, 0.1) is 22.8 Å². The highest BCUT2D eigenvalue weighted by molar-refractivity contribution is 7.80. The largest absolute Gasteiger partial charge is 0.278 e. The van der Waals surface area contributed by atoms with Crippen molar-refractivity contribution in [2.75, 3.05) is 0 Å². The summed E-state index contributed by atoms with van der Waals surface area (Å²) in [5, 5.41) is 4.81. The number of aromatic nitrogens is 1. The Morgan fingerprint density at radius 1 is 0.692 bits per heavy atom. The van der Waals surface area contributed by atoms with Gasteiger partial charge in [-0.2, -0.15) is 0 Å². The van der Waals surface area contributed by atoms with Crippen LogP contribution in [0.1, 0.15) is 17.5 Å². The van der Waals surface area contributed by atoms with E-state index >= 15 is 0 Å². The molecule has 0 spiro atoms. The number of allylic oxidation sites excluding steroid dienone is 6. The fourth-order valence-electron chi connectivity index (χ4n) is 8.56. The topological polar surface area (TPSA) is 29.6 Å². The predicted octanol–water partition coefficient (Wildman–Crippen LogP) is 12.0. The molecule has 52 heavy (non-hydrogen) atoms. The summed E-state index contributed by atoms with van der Waals surface area (Å²) in [6, 6.07) is 45.4. The van der Waals surface area contributed by atoms with Gasteiger partial charge in [0.25, 0.3) is 0 Å².